The van der Waals surface area contributed by atoms with Crippen molar-refractivity contribution >= 4 is 24.2 Å². The van der Waals surface area contributed by atoms with Gasteiger partial charge in [0.15, 0.2) is 0 Å². The summed E-state index contributed by atoms with van der Waals surface area (Å²) in [6.45, 7) is 0. The highest BCUT2D eigenvalue weighted by Crippen LogP contribution is 2.24. The molecule has 0 atom stereocenters. The highest BCUT2D eigenvalue weighted by atomic mass is 32.1. The number of hydrogen-bond donors (Lipinski definition) is 0. The predicted molar refractivity (Wildman–Crippen MR) is 51.0 cm³/mol. The summed E-state index contributed by atoms with van der Waals surface area (Å²) in [6, 6.07) is 9.94. The second kappa shape index (κ2) is 3.16. The van der Waals surface area contributed by atoms with Gasteiger partial charge < -0.3 is 12.6 Å². The molecule has 1 heterocycles. The van der Waals surface area contributed by atoms with E-state index in [1.54, 1.807) is 0 Å². The lowest BCUT2D eigenvalue weighted by molar-refractivity contribution is 1.04. The monoisotopic (exact) mass is 193 g/mol. The quantitative estimate of drug-likeness (QED) is 0.649. The van der Waals surface area contributed by atoms with Crippen molar-refractivity contribution in [2.24, 2.45) is 0 Å². The van der Waals surface area contributed by atoms with Crippen molar-refractivity contribution in [3.8, 4) is 10.4 Å². The smallest absolute Gasteiger partial charge is 0.0558 e. The maximum absolute atomic E-state index is 5.00. The number of rotatable bonds is 1. The van der Waals surface area contributed by atoms with E-state index in [2.05, 4.69) is 9.59 Å². The van der Waals surface area contributed by atoms with Gasteiger partial charge >= 0.3 is 0 Å². The van der Waals surface area contributed by atoms with Crippen molar-refractivity contribution in [3.63, 3.8) is 0 Å². The van der Waals surface area contributed by atoms with Gasteiger partial charge in [-0.2, -0.15) is 5.10 Å². The van der Waals surface area contributed by atoms with E-state index in [4.69, 9.17) is 12.6 Å². The summed E-state index contributed by atoms with van der Waals surface area (Å²) in [4.78, 5) is 0.977. The van der Waals surface area contributed by atoms with Gasteiger partial charge in [-0.1, -0.05) is 34.8 Å². The Balaban J connectivity index is 2.51. The topological polar surface area (TPSA) is 25.8 Å². The van der Waals surface area contributed by atoms with Crippen molar-refractivity contribution in [3.05, 3.63) is 30.3 Å². The Morgan fingerprint density at radius 2 is 1.92 bits per heavy atom. The third kappa shape index (κ3) is 1.31. The maximum Gasteiger partial charge on any atom is 0.0558 e. The number of benzene rings is 1. The van der Waals surface area contributed by atoms with Crippen molar-refractivity contribution in [2.75, 3.05) is 0 Å². The van der Waals surface area contributed by atoms with Gasteiger partial charge in [0.05, 0.1) is 4.88 Å². The van der Waals surface area contributed by atoms with Crippen LogP contribution < -0.4 is 0 Å². The summed E-state index contributed by atoms with van der Waals surface area (Å²) in [6.07, 6.45) is 0. The Morgan fingerprint density at radius 1 is 1.17 bits per heavy atom. The highest BCUT2D eigenvalue weighted by molar-refractivity contribution is 7.59. The molecule has 4 heteroatoms. The number of nitrogens with zero attached hydrogens (tertiary/aromatic N) is 2. The van der Waals surface area contributed by atoms with E-state index in [0.717, 1.165) is 10.4 Å². The van der Waals surface area contributed by atoms with Crippen LogP contribution in [0.15, 0.2) is 35.4 Å². The zero-order valence-corrected chi connectivity index (χ0v) is 7.73. The Bertz CT molecular complexity index is 370. The van der Waals surface area contributed by atoms with Gasteiger partial charge in [-0.05, 0) is 22.1 Å². The molecule has 2 nitrogen and oxygen atoms in total. The summed E-state index contributed by atoms with van der Waals surface area (Å²) in [5, 5.41) is 4.37. The molecule has 0 aliphatic carbocycles. The van der Waals surface area contributed by atoms with E-state index in [1.165, 1.54) is 11.5 Å². The van der Waals surface area contributed by atoms with Crippen LogP contribution in [-0.2, 0) is 12.6 Å². The van der Waals surface area contributed by atoms with Gasteiger partial charge in [0.1, 0.15) is 0 Å². The standard InChI is InChI=1S/C8H6N2S2/c11-8-7(12-10-9-8)6-4-2-1-3-5-6/h1-5,11H/p-1. The molecular formula is C8H5N2S2-. The fourth-order valence-electron chi connectivity index (χ4n) is 0.948. The fraction of sp³-hybridized carbons (Fsp3) is 0. The summed E-state index contributed by atoms with van der Waals surface area (Å²) in [7, 11) is 0. The van der Waals surface area contributed by atoms with E-state index >= 15 is 0 Å². The van der Waals surface area contributed by atoms with Crippen LogP contribution in [0.5, 0.6) is 0 Å². The van der Waals surface area contributed by atoms with E-state index in [9.17, 15) is 0 Å². The molecule has 0 saturated carbocycles. The summed E-state index contributed by atoms with van der Waals surface area (Å²) in [5.74, 6) is 0. The van der Waals surface area contributed by atoms with E-state index in [0.29, 0.717) is 5.03 Å². The molecule has 0 radical (unpaired) electrons. The van der Waals surface area contributed by atoms with Gasteiger partial charge in [0.2, 0.25) is 0 Å². The molecule has 2 rings (SSSR count). The molecule has 2 aromatic rings. The predicted octanol–water partition coefficient (Wildman–Crippen LogP) is 2.11. The molecule has 60 valence electrons. The second-order valence-corrected chi connectivity index (χ2v) is 3.41. The molecule has 0 amide bonds. The van der Waals surface area contributed by atoms with Crippen LogP contribution in [0.1, 0.15) is 0 Å². The largest absolute Gasteiger partial charge is 0.757 e. The molecule has 0 aliphatic heterocycles. The summed E-state index contributed by atoms with van der Waals surface area (Å²) < 4.78 is 3.79. The van der Waals surface area contributed by atoms with Crippen LogP contribution in [0.4, 0.5) is 0 Å². The maximum atomic E-state index is 5.00. The first-order valence-corrected chi connectivity index (χ1v) is 4.61. The third-order valence-corrected chi connectivity index (χ3v) is 2.68. The molecule has 0 unspecified atom stereocenters. The van der Waals surface area contributed by atoms with Crippen LogP contribution in [0, 0.1) is 0 Å². The summed E-state index contributed by atoms with van der Waals surface area (Å²) in [5.41, 5.74) is 1.09. The van der Waals surface area contributed by atoms with Gasteiger partial charge in [0, 0.05) is 0 Å². The van der Waals surface area contributed by atoms with Crippen LogP contribution in [0.3, 0.4) is 0 Å². The number of aromatic nitrogens is 2. The normalized spacial score (nSPS) is 10.0. The minimum absolute atomic E-state index is 0.589. The lowest BCUT2D eigenvalue weighted by atomic mass is 10.2. The molecule has 1 aromatic heterocycles. The van der Waals surface area contributed by atoms with Crippen LogP contribution >= 0.6 is 11.5 Å². The molecule has 0 spiro atoms. The Labute approximate surface area is 79.8 Å². The van der Waals surface area contributed by atoms with Crippen molar-refractivity contribution in [1.29, 1.82) is 0 Å². The van der Waals surface area contributed by atoms with E-state index in [-0.39, 0.29) is 0 Å². The fourth-order valence-corrected chi connectivity index (χ4v) is 1.84. The van der Waals surface area contributed by atoms with Crippen LogP contribution in [0.25, 0.3) is 10.4 Å². The highest BCUT2D eigenvalue weighted by Gasteiger charge is 1.98. The van der Waals surface area contributed by atoms with E-state index in [1.807, 2.05) is 30.3 Å². The van der Waals surface area contributed by atoms with Crippen LogP contribution in [0.2, 0.25) is 0 Å². The van der Waals surface area contributed by atoms with Crippen LogP contribution in [-0.4, -0.2) is 9.59 Å². The van der Waals surface area contributed by atoms with Crippen molar-refractivity contribution in [2.45, 2.75) is 5.03 Å². The molecule has 0 aliphatic rings. The Kier molecular flexibility index (Phi) is 2.01. The minimum Gasteiger partial charge on any atom is -0.757 e. The Hall–Kier alpha value is -1.00. The summed E-state index contributed by atoms with van der Waals surface area (Å²) >= 11 is 6.34. The molecule has 0 fully saturated rings. The van der Waals surface area contributed by atoms with Gasteiger partial charge in [-0.3, -0.25) is 0 Å². The SMILES string of the molecule is [S-]c1nnsc1-c1ccccc1. The van der Waals surface area contributed by atoms with E-state index < -0.39 is 0 Å². The molecule has 0 bridgehead atoms. The average molecular weight is 193 g/mol. The lowest BCUT2D eigenvalue weighted by Crippen LogP contribution is -1.75. The third-order valence-electron chi connectivity index (χ3n) is 1.49. The zero-order chi connectivity index (χ0) is 8.39. The molecule has 0 N–H and O–H groups in total. The first kappa shape index (κ1) is 7.64. The van der Waals surface area contributed by atoms with Crippen molar-refractivity contribution < 1.29 is 0 Å². The second-order valence-electron chi connectivity index (χ2n) is 2.27. The zero-order valence-electron chi connectivity index (χ0n) is 6.10. The lowest BCUT2D eigenvalue weighted by Gasteiger charge is -2.01. The first-order valence-electron chi connectivity index (χ1n) is 3.43. The van der Waals surface area contributed by atoms with Crippen molar-refractivity contribution in [1.82, 2.24) is 9.59 Å². The average Bonchev–Trinajstić information content (AvgIpc) is 2.53. The van der Waals surface area contributed by atoms with Gasteiger partial charge in [-0.15, -0.1) is 0 Å². The molecule has 1 aromatic carbocycles. The first-order chi connectivity index (χ1) is 5.88. The van der Waals surface area contributed by atoms with Gasteiger partial charge in [0.25, 0.3) is 0 Å². The molecule has 0 saturated heterocycles. The minimum atomic E-state index is 0.589. The Morgan fingerprint density at radius 3 is 2.50 bits per heavy atom. The van der Waals surface area contributed by atoms with Gasteiger partial charge in [-0.25, -0.2) is 0 Å². The molecular weight excluding hydrogens is 188 g/mol. The number of hydrogen-bond acceptors (Lipinski definition) is 4. The molecule has 12 heavy (non-hydrogen) atoms.